The number of hydrogen-bond donors (Lipinski definition) is 0. The van der Waals surface area contributed by atoms with Gasteiger partial charge < -0.3 is 14.2 Å². The first kappa shape index (κ1) is 23.1. The van der Waals surface area contributed by atoms with E-state index in [1.54, 1.807) is 38.7 Å². The summed E-state index contributed by atoms with van der Waals surface area (Å²) in [7, 11) is 4.86. The molecule has 1 aliphatic carbocycles. The molecule has 0 radical (unpaired) electrons. The Morgan fingerprint density at radius 1 is 1.13 bits per heavy atom. The van der Waals surface area contributed by atoms with Crippen molar-refractivity contribution in [2.75, 3.05) is 27.9 Å². The van der Waals surface area contributed by atoms with Gasteiger partial charge in [0.2, 0.25) is 10.6 Å². The zero-order chi connectivity index (χ0) is 22.2. The maximum Gasteiger partial charge on any atom is 0.206 e. The summed E-state index contributed by atoms with van der Waals surface area (Å²) < 4.78 is 18.5. The highest BCUT2D eigenvalue weighted by atomic mass is 32.1. The lowest BCUT2D eigenvalue weighted by Gasteiger charge is -2.22. The molecule has 0 bridgehead atoms. The van der Waals surface area contributed by atoms with Crippen LogP contribution in [0.4, 0.5) is 0 Å². The van der Waals surface area contributed by atoms with E-state index in [-0.39, 0.29) is 0 Å². The van der Waals surface area contributed by atoms with Crippen LogP contribution >= 0.6 is 11.3 Å². The van der Waals surface area contributed by atoms with Crippen molar-refractivity contribution in [2.45, 2.75) is 45.4 Å². The Hall–Kier alpha value is -2.54. The number of nitrogens with zero attached hydrogens (tertiary/aromatic N) is 3. The highest BCUT2D eigenvalue weighted by molar-refractivity contribution is 7.07. The number of methoxy groups -OCH3 is 3. The van der Waals surface area contributed by atoms with E-state index in [1.807, 2.05) is 16.8 Å². The van der Waals surface area contributed by atoms with Crippen LogP contribution in [0.25, 0.3) is 11.3 Å². The van der Waals surface area contributed by atoms with Gasteiger partial charge in [0.15, 0.2) is 11.5 Å². The predicted molar refractivity (Wildman–Crippen MR) is 128 cm³/mol. The number of ether oxygens (including phenoxy) is 3. The largest absolute Gasteiger partial charge is 0.493 e. The van der Waals surface area contributed by atoms with Crippen LogP contribution in [0.1, 0.15) is 45.4 Å². The number of rotatable bonds is 9. The first-order valence-corrected chi connectivity index (χ1v) is 11.7. The molecule has 0 atom stereocenters. The highest BCUT2D eigenvalue weighted by Crippen LogP contribution is 2.41. The standard InChI is InChI=1S/C24H33N3O3S/c1-6-8-17-9-11-19(12-10-17)26-27-20(16-31-24(27)25-13-7-2)18-14-21(28-3)23(30-5)22(15-18)29-4/h7,14-17H,2,6,8-13H2,1,3-5H3. The summed E-state index contributed by atoms with van der Waals surface area (Å²) >= 11 is 1.57. The van der Waals surface area contributed by atoms with Gasteiger partial charge in [0, 0.05) is 16.7 Å². The molecule has 6 nitrogen and oxygen atoms in total. The molecule has 0 unspecified atom stereocenters. The molecule has 31 heavy (non-hydrogen) atoms. The SMILES string of the molecule is C=CCN=c1scc(-c2cc(OC)c(OC)c(OC)c2)n1N=C1CCC(CCC)CC1. The van der Waals surface area contributed by atoms with Crippen LogP contribution in [0.3, 0.4) is 0 Å². The van der Waals surface area contributed by atoms with E-state index in [1.165, 1.54) is 31.4 Å². The number of thiazole rings is 1. The summed E-state index contributed by atoms with van der Waals surface area (Å²) in [6.07, 6.45) is 8.90. The molecule has 1 aromatic carbocycles. The van der Waals surface area contributed by atoms with E-state index in [0.717, 1.165) is 34.8 Å². The van der Waals surface area contributed by atoms with Crippen LogP contribution < -0.4 is 19.0 Å². The van der Waals surface area contributed by atoms with Gasteiger partial charge in [0.25, 0.3) is 0 Å². The summed E-state index contributed by atoms with van der Waals surface area (Å²) in [6, 6.07) is 3.91. The Balaban J connectivity index is 2.06. The fourth-order valence-corrected chi connectivity index (χ4v) is 4.86. The van der Waals surface area contributed by atoms with Crippen molar-refractivity contribution < 1.29 is 14.2 Å². The molecule has 7 heteroatoms. The fraction of sp³-hybridized carbons (Fsp3) is 0.500. The molecule has 0 saturated heterocycles. The molecule has 1 aliphatic rings. The van der Waals surface area contributed by atoms with Crippen molar-refractivity contribution in [1.82, 2.24) is 4.68 Å². The second-order valence-corrected chi connectivity index (χ2v) is 8.49. The molecule has 0 amide bonds. The maximum atomic E-state index is 5.55. The van der Waals surface area contributed by atoms with Crippen molar-refractivity contribution in [1.29, 1.82) is 0 Å². The van der Waals surface area contributed by atoms with E-state index in [4.69, 9.17) is 19.3 Å². The zero-order valence-electron chi connectivity index (χ0n) is 19.0. The Morgan fingerprint density at radius 3 is 2.35 bits per heavy atom. The molecule has 1 aromatic heterocycles. The Kier molecular flexibility index (Phi) is 8.35. The number of aromatic nitrogens is 1. The average Bonchev–Trinajstić information content (AvgIpc) is 3.20. The lowest BCUT2D eigenvalue weighted by molar-refractivity contribution is 0.324. The zero-order valence-corrected chi connectivity index (χ0v) is 19.8. The van der Waals surface area contributed by atoms with Crippen LogP contribution in [0, 0.1) is 5.92 Å². The van der Waals surface area contributed by atoms with Crippen molar-refractivity contribution in [3.8, 4) is 28.5 Å². The van der Waals surface area contributed by atoms with Crippen LogP contribution in [-0.2, 0) is 0 Å². The van der Waals surface area contributed by atoms with Gasteiger partial charge in [-0.05, 0) is 43.7 Å². The average molecular weight is 444 g/mol. The molecule has 1 heterocycles. The van der Waals surface area contributed by atoms with Crippen LogP contribution in [0.2, 0.25) is 0 Å². The van der Waals surface area contributed by atoms with Gasteiger partial charge >= 0.3 is 0 Å². The molecule has 0 aliphatic heterocycles. The van der Waals surface area contributed by atoms with Gasteiger partial charge in [-0.3, -0.25) is 4.99 Å². The maximum absolute atomic E-state index is 5.55. The number of benzene rings is 1. The molecule has 2 aromatic rings. The third-order valence-corrected chi connectivity index (χ3v) is 6.48. The van der Waals surface area contributed by atoms with E-state index in [2.05, 4.69) is 23.9 Å². The van der Waals surface area contributed by atoms with E-state index >= 15 is 0 Å². The molecule has 1 fully saturated rings. The second kappa shape index (κ2) is 11.2. The van der Waals surface area contributed by atoms with Crippen molar-refractivity contribution >= 4 is 17.0 Å². The second-order valence-electron chi connectivity index (χ2n) is 7.66. The van der Waals surface area contributed by atoms with Crippen molar-refractivity contribution in [2.24, 2.45) is 16.0 Å². The summed E-state index contributed by atoms with van der Waals surface area (Å²) in [5.74, 6) is 2.64. The van der Waals surface area contributed by atoms with Gasteiger partial charge in [-0.25, -0.2) is 4.68 Å². The molecular weight excluding hydrogens is 410 g/mol. The van der Waals surface area contributed by atoms with Crippen LogP contribution in [0.15, 0.2) is 40.3 Å². The van der Waals surface area contributed by atoms with Crippen LogP contribution in [-0.4, -0.2) is 38.3 Å². The van der Waals surface area contributed by atoms with E-state index < -0.39 is 0 Å². The summed E-state index contributed by atoms with van der Waals surface area (Å²) in [5.41, 5.74) is 3.13. The molecular formula is C24H33N3O3S. The molecule has 168 valence electrons. The van der Waals surface area contributed by atoms with Gasteiger partial charge in [0.1, 0.15) is 0 Å². The number of hydrogen-bond acceptors (Lipinski definition) is 6. The first-order valence-electron chi connectivity index (χ1n) is 10.8. The lowest BCUT2D eigenvalue weighted by Crippen LogP contribution is -2.19. The van der Waals surface area contributed by atoms with Gasteiger partial charge in [-0.15, -0.1) is 17.9 Å². The minimum Gasteiger partial charge on any atom is -0.493 e. The van der Waals surface area contributed by atoms with Gasteiger partial charge in [0.05, 0.1) is 33.6 Å². The quantitative estimate of drug-likeness (QED) is 0.479. The van der Waals surface area contributed by atoms with E-state index in [9.17, 15) is 0 Å². The molecule has 0 N–H and O–H groups in total. The third kappa shape index (κ3) is 5.39. The molecule has 3 rings (SSSR count). The minimum atomic E-state index is 0.554. The molecule has 1 saturated carbocycles. The lowest BCUT2D eigenvalue weighted by atomic mass is 9.85. The van der Waals surface area contributed by atoms with Gasteiger partial charge in [-0.1, -0.05) is 25.8 Å². The Labute approximate surface area is 188 Å². The predicted octanol–water partition coefficient (Wildman–Crippen LogP) is 5.52. The third-order valence-electron chi connectivity index (χ3n) is 5.62. The van der Waals surface area contributed by atoms with Crippen molar-refractivity contribution in [3.63, 3.8) is 0 Å². The normalized spacial score (nSPS) is 16.8. The summed E-state index contributed by atoms with van der Waals surface area (Å²) in [5, 5.41) is 7.14. The first-order chi connectivity index (χ1) is 15.1. The van der Waals surface area contributed by atoms with Crippen molar-refractivity contribution in [3.05, 3.63) is 35.0 Å². The van der Waals surface area contributed by atoms with Gasteiger partial charge in [-0.2, -0.15) is 5.10 Å². The highest BCUT2D eigenvalue weighted by Gasteiger charge is 2.20. The smallest absolute Gasteiger partial charge is 0.206 e. The Bertz CT molecular complexity index is 955. The van der Waals surface area contributed by atoms with E-state index in [0.29, 0.717) is 23.8 Å². The topological polar surface area (TPSA) is 57.3 Å². The Morgan fingerprint density at radius 2 is 1.81 bits per heavy atom. The fourth-order valence-electron chi connectivity index (χ4n) is 4.02. The summed E-state index contributed by atoms with van der Waals surface area (Å²) in [6.45, 7) is 6.62. The minimum absolute atomic E-state index is 0.554. The van der Waals surface area contributed by atoms with Crippen LogP contribution in [0.5, 0.6) is 17.2 Å². The molecule has 0 spiro atoms. The summed E-state index contributed by atoms with van der Waals surface area (Å²) in [4.78, 5) is 5.52. The monoisotopic (exact) mass is 443 g/mol.